The van der Waals surface area contributed by atoms with Crippen LogP contribution in [0.1, 0.15) is 15.5 Å². The molecule has 0 bridgehead atoms. The van der Waals surface area contributed by atoms with Crippen molar-refractivity contribution in [3.8, 4) is 0 Å². The number of aromatic amines is 1. The summed E-state index contributed by atoms with van der Waals surface area (Å²) < 4.78 is 0. The Balaban J connectivity index is 1.90. The van der Waals surface area contributed by atoms with Crippen molar-refractivity contribution in [1.29, 1.82) is 0 Å². The van der Waals surface area contributed by atoms with E-state index in [1.165, 1.54) is 0 Å². The first-order chi connectivity index (χ1) is 6.86. The van der Waals surface area contributed by atoms with Gasteiger partial charge in [-0.25, -0.2) is 0 Å². The fraction of sp³-hybridized carbons (Fsp3) is 0.143. The second-order valence-corrected chi connectivity index (χ2v) is 3.53. The molecule has 0 aliphatic rings. The first-order valence-corrected chi connectivity index (χ1v) is 4.78. The zero-order chi connectivity index (χ0) is 9.80. The molecule has 0 radical (unpaired) electrons. The second kappa shape index (κ2) is 3.97. The third-order valence-corrected chi connectivity index (χ3v) is 2.43. The lowest BCUT2D eigenvalue weighted by atomic mass is 10.4. The Morgan fingerprint density at radius 3 is 3.21 bits per heavy atom. The second-order valence-electron chi connectivity index (χ2n) is 2.50. The minimum absolute atomic E-state index is 0.0570. The van der Waals surface area contributed by atoms with Crippen LogP contribution in [0.2, 0.25) is 0 Å². The maximum Gasteiger partial charge on any atom is 0.293 e. The van der Waals surface area contributed by atoms with Crippen LogP contribution >= 0.6 is 11.3 Å². The van der Waals surface area contributed by atoms with E-state index in [-0.39, 0.29) is 11.7 Å². The molecule has 2 rings (SSSR count). The van der Waals surface area contributed by atoms with Gasteiger partial charge in [0.05, 0.1) is 6.54 Å². The van der Waals surface area contributed by atoms with Crippen LogP contribution in [-0.4, -0.2) is 26.5 Å². The monoisotopic (exact) mass is 209 g/mol. The van der Waals surface area contributed by atoms with Crippen LogP contribution in [0.3, 0.4) is 0 Å². The molecule has 0 unspecified atom stereocenters. The molecule has 0 fully saturated rings. The number of hydrogen-bond donors (Lipinski definition) is 2. The van der Waals surface area contributed by atoms with Crippen LogP contribution in [0, 0.1) is 0 Å². The van der Waals surface area contributed by atoms with Crippen LogP contribution in [0.15, 0.2) is 17.5 Å². The molecule has 0 aliphatic carbocycles. The molecular formula is C7H7N5OS. The lowest BCUT2D eigenvalue weighted by Crippen LogP contribution is -2.23. The van der Waals surface area contributed by atoms with Crippen molar-refractivity contribution in [3.05, 3.63) is 28.2 Å². The predicted molar refractivity (Wildman–Crippen MR) is 49.7 cm³/mol. The highest BCUT2D eigenvalue weighted by Gasteiger charge is 2.09. The molecule has 2 aromatic rings. The number of aromatic nitrogens is 4. The highest BCUT2D eigenvalue weighted by Crippen LogP contribution is 2.07. The molecule has 72 valence electrons. The lowest BCUT2D eigenvalue weighted by molar-refractivity contribution is 0.0941. The molecule has 0 aliphatic heterocycles. The lowest BCUT2D eigenvalue weighted by Gasteiger charge is -1.98. The van der Waals surface area contributed by atoms with E-state index in [1.807, 2.05) is 17.5 Å². The summed E-state index contributed by atoms with van der Waals surface area (Å²) in [6, 6.07) is 3.88. The average Bonchev–Trinajstić information content (AvgIpc) is 2.87. The van der Waals surface area contributed by atoms with Crippen molar-refractivity contribution in [2.75, 3.05) is 0 Å². The minimum atomic E-state index is -0.327. The normalized spacial score (nSPS) is 10.0. The molecule has 2 aromatic heterocycles. The smallest absolute Gasteiger partial charge is 0.293 e. The summed E-state index contributed by atoms with van der Waals surface area (Å²) in [5, 5.41) is 17.3. The Kier molecular flexibility index (Phi) is 2.50. The quantitative estimate of drug-likeness (QED) is 0.755. The predicted octanol–water partition coefficient (Wildman–Crippen LogP) is 0.191. The van der Waals surface area contributed by atoms with E-state index < -0.39 is 0 Å². The van der Waals surface area contributed by atoms with Gasteiger partial charge in [0.2, 0.25) is 0 Å². The van der Waals surface area contributed by atoms with Gasteiger partial charge in [0.25, 0.3) is 11.7 Å². The summed E-state index contributed by atoms with van der Waals surface area (Å²) >= 11 is 1.58. The molecule has 0 spiro atoms. The molecule has 0 saturated heterocycles. The molecule has 6 nitrogen and oxygen atoms in total. The number of carbonyl (C=O) groups excluding carboxylic acids is 1. The molecular weight excluding hydrogens is 202 g/mol. The van der Waals surface area contributed by atoms with Gasteiger partial charge in [-0.1, -0.05) is 6.07 Å². The largest absolute Gasteiger partial charge is 0.344 e. The van der Waals surface area contributed by atoms with Gasteiger partial charge in [0.15, 0.2) is 0 Å². The summed E-state index contributed by atoms with van der Waals surface area (Å²) in [6.45, 7) is 0.491. The van der Waals surface area contributed by atoms with Gasteiger partial charge < -0.3 is 5.32 Å². The van der Waals surface area contributed by atoms with Crippen LogP contribution in [-0.2, 0) is 6.54 Å². The van der Waals surface area contributed by atoms with Gasteiger partial charge in [-0.15, -0.1) is 21.5 Å². The zero-order valence-corrected chi connectivity index (χ0v) is 7.91. The van der Waals surface area contributed by atoms with Gasteiger partial charge in [-0.3, -0.25) is 4.79 Å². The number of nitrogens with one attached hydrogen (secondary N) is 2. The molecule has 0 aromatic carbocycles. The number of nitrogens with zero attached hydrogens (tertiary/aromatic N) is 3. The summed E-state index contributed by atoms with van der Waals surface area (Å²) in [7, 11) is 0. The highest BCUT2D eigenvalue weighted by atomic mass is 32.1. The minimum Gasteiger partial charge on any atom is -0.344 e. The van der Waals surface area contributed by atoms with Crippen LogP contribution < -0.4 is 5.32 Å². The van der Waals surface area contributed by atoms with Gasteiger partial charge in [-0.05, 0) is 16.7 Å². The van der Waals surface area contributed by atoms with Crippen molar-refractivity contribution >= 4 is 17.2 Å². The van der Waals surface area contributed by atoms with Crippen molar-refractivity contribution < 1.29 is 4.79 Å². The van der Waals surface area contributed by atoms with Crippen LogP contribution in [0.5, 0.6) is 0 Å². The number of hydrogen-bond acceptors (Lipinski definition) is 5. The van der Waals surface area contributed by atoms with Crippen molar-refractivity contribution in [2.45, 2.75) is 6.54 Å². The number of carbonyl (C=O) groups is 1. The summed E-state index contributed by atoms with van der Waals surface area (Å²) in [6.07, 6.45) is 0. The number of tetrazole rings is 1. The van der Waals surface area contributed by atoms with Crippen molar-refractivity contribution in [3.63, 3.8) is 0 Å². The van der Waals surface area contributed by atoms with Crippen molar-refractivity contribution in [2.24, 2.45) is 0 Å². The Labute approximate surface area is 83.3 Å². The van der Waals surface area contributed by atoms with E-state index in [0.29, 0.717) is 6.54 Å². The Morgan fingerprint density at radius 2 is 2.57 bits per heavy atom. The first kappa shape index (κ1) is 8.82. The fourth-order valence-electron chi connectivity index (χ4n) is 0.918. The average molecular weight is 209 g/mol. The van der Waals surface area contributed by atoms with Gasteiger partial charge >= 0.3 is 0 Å². The van der Waals surface area contributed by atoms with Crippen LogP contribution in [0.4, 0.5) is 0 Å². The summed E-state index contributed by atoms with van der Waals surface area (Å²) in [5.41, 5.74) is 0. The van der Waals surface area contributed by atoms with Crippen molar-refractivity contribution in [1.82, 2.24) is 25.9 Å². The number of rotatable bonds is 3. The van der Waals surface area contributed by atoms with E-state index in [0.717, 1.165) is 4.88 Å². The van der Waals surface area contributed by atoms with E-state index >= 15 is 0 Å². The number of thiophene rings is 1. The van der Waals surface area contributed by atoms with Crippen LogP contribution in [0.25, 0.3) is 0 Å². The molecule has 0 saturated carbocycles. The highest BCUT2D eigenvalue weighted by molar-refractivity contribution is 7.09. The molecule has 1 amide bonds. The third-order valence-electron chi connectivity index (χ3n) is 1.55. The molecule has 7 heteroatoms. The summed E-state index contributed by atoms with van der Waals surface area (Å²) in [4.78, 5) is 12.4. The molecule has 14 heavy (non-hydrogen) atoms. The maximum absolute atomic E-state index is 11.3. The standard InChI is InChI=1S/C7H7N5OS/c13-7(6-9-11-12-10-6)8-4-5-2-1-3-14-5/h1-3H,4H2,(H,8,13)(H,9,10,11,12). The molecule has 0 atom stereocenters. The van der Waals surface area contributed by atoms with E-state index in [2.05, 4.69) is 25.9 Å². The summed E-state index contributed by atoms with van der Waals surface area (Å²) in [5.74, 6) is -0.270. The topological polar surface area (TPSA) is 83.6 Å². The van der Waals surface area contributed by atoms with E-state index in [4.69, 9.17) is 0 Å². The first-order valence-electron chi connectivity index (χ1n) is 3.90. The fourth-order valence-corrected chi connectivity index (χ4v) is 1.56. The maximum atomic E-state index is 11.3. The van der Waals surface area contributed by atoms with Gasteiger partial charge in [-0.2, -0.15) is 5.21 Å². The molecule has 2 heterocycles. The zero-order valence-electron chi connectivity index (χ0n) is 7.10. The van der Waals surface area contributed by atoms with E-state index in [1.54, 1.807) is 11.3 Å². The van der Waals surface area contributed by atoms with E-state index in [9.17, 15) is 4.79 Å². The third kappa shape index (κ3) is 1.94. The Morgan fingerprint density at radius 1 is 1.64 bits per heavy atom. The van der Waals surface area contributed by atoms with Gasteiger partial charge in [0, 0.05) is 4.88 Å². The Bertz CT molecular complexity index is 396. The SMILES string of the molecule is O=C(NCc1cccs1)c1nn[nH]n1. The Hall–Kier alpha value is -1.76. The number of amides is 1. The van der Waals surface area contributed by atoms with Gasteiger partial charge in [0.1, 0.15) is 0 Å². The molecule has 2 N–H and O–H groups in total. The number of H-pyrrole nitrogens is 1.